The van der Waals surface area contributed by atoms with Crippen LogP contribution >= 0.6 is 0 Å². The van der Waals surface area contributed by atoms with Crippen molar-refractivity contribution < 1.29 is 19.4 Å². The molecule has 0 aromatic heterocycles. The first-order valence-corrected chi connectivity index (χ1v) is 8.83. The fraction of sp³-hybridized carbons (Fsp3) is 0.333. The van der Waals surface area contributed by atoms with E-state index >= 15 is 0 Å². The van der Waals surface area contributed by atoms with Crippen LogP contribution in [0.4, 0.5) is 0 Å². The van der Waals surface area contributed by atoms with E-state index in [1.807, 2.05) is 37.3 Å². The molecule has 0 aliphatic carbocycles. The molecule has 0 saturated carbocycles. The molecule has 5 nitrogen and oxygen atoms in total. The Kier molecular flexibility index (Phi) is 5.56. The Morgan fingerprint density at radius 1 is 1.12 bits per heavy atom. The lowest BCUT2D eigenvalue weighted by Gasteiger charge is -2.30. The number of likely N-dealkylation sites (tertiary alicyclic amines) is 1. The third kappa shape index (κ3) is 4.42. The Labute approximate surface area is 153 Å². The number of carbonyl (C=O) groups excluding carboxylic acids is 1. The molecule has 0 spiro atoms. The largest absolute Gasteiger partial charge is 0.489 e. The quantitative estimate of drug-likeness (QED) is 0.893. The lowest BCUT2D eigenvalue weighted by molar-refractivity contribution is -0.143. The van der Waals surface area contributed by atoms with Crippen LogP contribution in [0.3, 0.4) is 0 Å². The van der Waals surface area contributed by atoms with Crippen LogP contribution in [0.1, 0.15) is 34.3 Å². The van der Waals surface area contributed by atoms with Crippen molar-refractivity contribution >= 4 is 11.9 Å². The molecule has 3 rings (SSSR count). The van der Waals surface area contributed by atoms with Crippen molar-refractivity contribution in [2.24, 2.45) is 5.92 Å². The summed E-state index contributed by atoms with van der Waals surface area (Å²) < 4.78 is 5.83. The normalized spacial score (nSPS) is 14.9. The van der Waals surface area contributed by atoms with Gasteiger partial charge in [0, 0.05) is 18.7 Å². The van der Waals surface area contributed by atoms with Gasteiger partial charge < -0.3 is 14.7 Å². The highest BCUT2D eigenvalue weighted by Crippen LogP contribution is 2.21. The fourth-order valence-corrected chi connectivity index (χ4v) is 3.20. The van der Waals surface area contributed by atoms with Crippen molar-refractivity contribution in [3.63, 3.8) is 0 Å². The second-order valence-electron chi connectivity index (χ2n) is 6.71. The van der Waals surface area contributed by atoms with Gasteiger partial charge in [-0.25, -0.2) is 0 Å². The molecule has 0 atom stereocenters. The molecule has 1 heterocycles. The van der Waals surface area contributed by atoms with Crippen LogP contribution < -0.4 is 4.74 Å². The number of hydrogen-bond acceptors (Lipinski definition) is 3. The number of ether oxygens (including phenoxy) is 1. The van der Waals surface area contributed by atoms with E-state index in [0.29, 0.717) is 43.9 Å². The monoisotopic (exact) mass is 353 g/mol. The average molecular weight is 353 g/mol. The Bertz CT molecular complexity index is 794. The second-order valence-corrected chi connectivity index (χ2v) is 6.71. The third-order valence-corrected chi connectivity index (χ3v) is 4.70. The summed E-state index contributed by atoms with van der Waals surface area (Å²) in [5.41, 5.74) is 2.83. The SMILES string of the molecule is Cc1cccc(COc2cccc(C(=O)N3CCC(C(=O)O)CC3)c2)c1. The van der Waals surface area contributed by atoms with Gasteiger partial charge >= 0.3 is 5.97 Å². The second kappa shape index (κ2) is 8.04. The molecule has 2 aromatic rings. The lowest BCUT2D eigenvalue weighted by atomic mass is 9.96. The van der Waals surface area contributed by atoms with E-state index in [9.17, 15) is 9.59 Å². The van der Waals surface area contributed by atoms with Crippen LogP contribution in [-0.4, -0.2) is 35.0 Å². The van der Waals surface area contributed by atoms with Crippen LogP contribution in [0.25, 0.3) is 0 Å². The predicted molar refractivity (Wildman–Crippen MR) is 98.2 cm³/mol. The molecule has 1 N–H and O–H groups in total. The number of carboxylic acid groups (broad SMARTS) is 1. The highest BCUT2D eigenvalue weighted by molar-refractivity contribution is 5.94. The van der Waals surface area contributed by atoms with Gasteiger partial charge in [-0.2, -0.15) is 0 Å². The zero-order valence-electron chi connectivity index (χ0n) is 14.9. The van der Waals surface area contributed by atoms with Crippen LogP contribution in [0, 0.1) is 12.8 Å². The molecule has 5 heteroatoms. The van der Waals surface area contributed by atoms with Gasteiger partial charge in [-0.05, 0) is 43.5 Å². The van der Waals surface area contributed by atoms with Crippen LogP contribution in [0.5, 0.6) is 5.75 Å². The van der Waals surface area contributed by atoms with Crippen molar-refractivity contribution in [1.82, 2.24) is 4.90 Å². The molecule has 136 valence electrons. The van der Waals surface area contributed by atoms with Crippen molar-refractivity contribution in [3.05, 3.63) is 65.2 Å². The first-order chi connectivity index (χ1) is 12.5. The summed E-state index contributed by atoms with van der Waals surface area (Å²) in [7, 11) is 0. The third-order valence-electron chi connectivity index (χ3n) is 4.70. The standard InChI is InChI=1S/C21H23NO4/c1-15-4-2-5-16(12-15)14-26-19-7-3-6-18(13-19)20(23)22-10-8-17(9-11-22)21(24)25/h2-7,12-13,17H,8-11,14H2,1H3,(H,24,25). The molecule has 1 aliphatic rings. The Morgan fingerprint density at radius 3 is 2.54 bits per heavy atom. The van der Waals surface area contributed by atoms with Crippen molar-refractivity contribution in [2.45, 2.75) is 26.4 Å². The van der Waals surface area contributed by atoms with E-state index in [1.165, 1.54) is 5.56 Å². The summed E-state index contributed by atoms with van der Waals surface area (Å²) in [4.78, 5) is 25.4. The van der Waals surface area contributed by atoms with E-state index < -0.39 is 5.97 Å². The number of amides is 1. The van der Waals surface area contributed by atoms with Gasteiger partial charge in [-0.1, -0.05) is 35.9 Å². The number of carbonyl (C=O) groups is 2. The molecule has 0 radical (unpaired) electrons. The van der Waals surface area contributed by atoms with Gasteiger partial charge in [0.2, 0.25) is 0 Å². The van der Waals surface area contributed by atoms with E-state index in [2.05, 4.69) is 6.07 Å². The zero-order chi connectivity index (χ0) is 18.5. The topological polar surface area (TPSA) is 66.8 Å². The number of rotatable bonds is 5. The molecule has 1 fully saturated rings. The highest BCUT2D eigenvalue weighted by Gasteiger charge is 2.27. The van der Waals surface area contributed by atoms with E-state index in [-0.39, 0.29) is 11.8 Å². The summed E-state index contributed by atoms with van der Waals surface area (Å²) in [5.74, 6) is -0.542. The average Bonchev–Trinajstić information content (AvgIpc) is 2.66. The molecule has 1 saturated heterocycles. The summed E-state index contributed by atoms with van der Waals surface area (Å²) in [6.07, 6.45) is 1.01. The number of hydrogen-bond donors (Lipinski definition) is 1. The minimum absolute atomic E-state index is 0.0742. The minimum Gasteiger partial charge on any atom is -0.489 e. The van der Waals surface area contributed by atoms with Gasteiger partial charge in [0.25, 0.3) is 5.91 Å². The number of nitrogens with zero attached hydrogens (tertiary/aromatic N) is 1. The molecule has 26 heavy (non-hydrogen) atoms. The molecule has 0 bridgehead atoms. The maximum atomic E-state index is 12.7. The number of aliphatic carboxylic acids is 1. The smallest absolute Gasteiger partial charge is 0.306 e. The van der Waals surface area contributed by atoms with Crippen LogP contribution in [0.15, 0.2) is 48.5 Å². The summed E-state index contributed by atoms with van der Waals surface area (Å²) in [6.45, 7) is 3.44. The summed E-state index contributed by atoms with van der Waals surface area (Å²) in [5, 5.41) is 9.07. The summed E-state index contributed by atoms with van der Waals surface area (Å²) in [6, 6.07) is 15.3. The predicted octanol–water partition coefficient (Wildman–Crippen LogP) is 3.51. The van der Waals surface area contributed by atoms with Crippen LogP contribution in [-0.2, 0) is 11.4 Å². The Hall–Kier alpha value is -2.82. The molecule has 1 amide bonds. The maximum Gasteiger partial charge on any atom is 0.306 e. The summed E-state index contributed by atoms with van der Waals surface area (Å²) >= 11 is 0. The van der Waals surface area contributed by atoms with Crippen LogP contribution in [0.2, 0.25) is 0 Å². The highest BCUT2D eigenvalue weighted by atomic mass is 16.5. The van der Waals surface area contributed by atoms with Gasteiger partial charge in [-0.15, -0.1) is 0 Å². The lowest BCUT2D eigenvalue weighted by Crippen LogP contribution is -2.40. The Morgan fingerprint density at radius 2 is 1.85 bits per heavy atom. The van der Waals surface area contributed by atoms with Crippen molar-refractivity contribution in [3.8, 4) is 5.75 Å². The fourth-order valence-electron chi connectivity index (χ4n) is 3.20. The Balaban J connectivity index is 1.61. The molecule has 1 aliphatic heterocycles. The van der Waals surface area contributed by atoms with E-state index in [1.54, 1.807) is 17.0 Å². The van der Waals surface area contributed by atoms with Crippen molar-refractivity contribution in [1.29, 1.82) is 0 Å². The van der Waals surface area contributed by atoms with Gasteiger partial charge in [0.05, 0.1) is 5.92 Å². The molecule has 0 unspecified atom stereocenters. The molecular weight excluding hydrogens is 330 g/mol. The minimum atomic E-state index is -0.774. The van der Waals surface area contributed by atoms with Gasteiger partial charge in [0.1, 0.15) is 12.4 Å². The number of aryl methyl sites for hydroxylation is 1. The first-order valence-electron chi connectivity index (χ1n) is 8.83. The number of piperidine rings is 1. The maximum absolute atomic E-state index is 12.7. The van der Waals surface area contributed by atoms with Gasteiger partial charge in [-0.3, -0.25) is 9.59 Å². The van der Waals surface area contributed by atoms with E-state index in [0.717, 1.165) is 5.56 Å². The number of carboxylic acids is 1. The van der Waals surface area contributed by atoms with Gasteiger partial charge in [0.15, 0.2) is 0 Å². The molecular formula is C21H23NO4. The number of benzene rings is 2. The first kappa shape index (κ1) is 18.0. The molecule has 2 aromatic carbocycles. The zero-order valence-corrected chi connectivity index (χ0v) is 14.9. The van der Waals surface area contributed by atoms with Crippen molar-refractivity contribution in [2.75, 3.05) is 13.1 Å². The van der Waals surface area contributed by atoms with E-state index in [4.69, 9.17) is 9.84 Å².